The highest BCUT2D eigenvalue weighted by atomic mass is 19.3. The van der Waals surface area contributed by atoms with Crippen molar-refractivity contribution in [3.63, 3.8) is 0 Å². The summed E-state index contributed by atoms with van der Waals surface area (Å²) in [5.41, 5.74) is -0.950. The van der Waals surface area contributed by atoms with Gasteiger partial charge in [0.2, 0.25) is 11.8 Å². The first-order chi connectivity index (χ1) is 13.2. The van der Waals surface area contributed by atoms with Crippen LogP contribution in [0.3, 0.4) is 0 Å². The summed E-state index contributed by atoms with van der Waals surface area (Å²) >= 11 is 0. The van der Waals surface area contributed by atoms with E-state index in [9.17, 15) is 26.3 Å². The van der Waals surface area contributed by atoms with Crippen LogP contribution in [0.15, 0.2) is 0 Å². The predicted octanol–water partition coefficient (Wildman–Crippen LogP) is 10.2. The first-order valence-corrected chi connectivity index (χ1v) is 10.9. The van der Waals surface area contributed by atoms with Crippen LogP contribution in [0.4, 0.5) is 26.3 Å². The minimum Gasteiger partial charge on any atom is -0.375 e. The molecule has 1 rings (SSSR count). The molecule has 0 aromatic rings. The van der Waals surface area contributed by atoms with Crippen molar-refractivity contribution in [1.82, 2.24) is 0 Å². The third kappa shape index (κ3) is 34.3. The standard InChI is InChI=1S/C6H12F2.C6H11FO.C5H10F2.C5H11F.2CH4/c1-3-5-6(7,8)4-2;1-2-3-6(7)4-8-5-6;1-3-4-5(2,6)7;1-3-4-5(2)6;;/h3-5H2,1-2H3;2-5H2,1H3;3-4H2,1-2H3;5H,3-4H2,1-2H3;2*1H4. The van der Waals surface area contributed by atoms with Gasteiger partial charge in [0.15, 0.2) is 5.67 Å². The molecule has 1 fully saturated rings. The maximum absolute atomic E-state index is 12.8. The second kappa shape index (κ2) is 22.7. The number of ether oxygens (including phenoxy) is 1. The predicted molar refractivity (Wildman–Crippen MR) is 124 cm³/mol. The van der Waals surface area contributed by atoms with E-state index in [1.807, 2.05) is 13.8 Å². The van der Waals surface area contributed by atoms with Gasteiger partial charge in [-0.15, -0.1) is 0 Å². The van der Waals surface area contributed by atoms with Gasteiger partial charge < -0.3 is 4.74 Å². The van der Waals surface area contributed by atoms with Crippen LogP contribution >= 0.6 is 0 Å². The summed E-state index contributed by atoms with van der Waals surface area (Å²) < 4.78 is 77.0. The van der Waals surface area contributed by atoms with Gasteiger partial charge in [0.1, 0.15) is 0 Å². The highest BCUT2D eigenvalue weighted by molar-refractivity contribution is 4.84. The summed E-state index contributed by atoms with van der Waals surface area (Å²) in [5.74, 6) is -4.86. The third-order valence-corrected chi connectivity index (χ3v) is 3.93. The minimum absolute atomic E-state index is 0. The van der Waals surface area contributed by atoms with Crippen LogP contribution in [-0.4, -0.2) is 36.9 Å². The number of hydrogen-bond acceptors (Lipinski definition) is 1. The topological polar surface area (TPSA) is 9.23 Å². The summed E-state index contributed by atoms with van der Waals surface area (Å²) in [5, 5.41) is 0. The van der Waals surface area contributed by atoms with Gasteiger partial charge in [-0.3, -0.25) is 0 Å². The molecule has 0 amide bonds. The molecule has 31 heavy (non-hydrogen) atoms. The Hall–Kier alpha value is -0.460. The molecule has 1 aliphatic heterocycles. The normalized spacial score (nSPS) is 15.0. The minimum atomic E-state index is -2.45. The Morgan fingerprint density at radius 1 is 0.839 bits per heavy atom. The van der Waals surface area contributed by atoms with E-state index in [1.54, 1.807) is 20.8 Å². The van der Waals surface area contributed by atoms with E-state index in [4.69, 9.17) is 4.74 Å². The molecule has 7 heteroatoms. The highest BCUT2D eigenvalue weighted by Gasteiger charge is 2.37. The zero-order chi connectivity index (χ0) is 23.6. The van der Waals surface area contributed by atoms with Crippen molar-refractivity contribution in [2.45, 2.75) is 145 Å². The second-order valence-electron chi connectivity index (χ2n) is 7.74. The Balaban J connectivity index is -0.0000000955. The van der Waals surface area contributed by atoms with Crippen LogP contribution in [0.25, 0.3) is 0 Å². The largest absolute Gasteiger partial charge is 0.375 e. The molecular formula is C24H52F6O. The maximum atomic E-state index is 12.8. The van der Waals surface area contributed by atoms with E-state index < -0.39 is 23.7 Å². The van der Waals surface area contributed by atoms with Gasteiger partial charge in [-0.1, -0.05) is 75.2 Å². The Morgan fingerprint density at radius 3 is 1.35 bits per heavy atom. The Bertz CT molecular complexity index is 326. The van der Waals surface area contributed by atoms with Crippen LogP contribution in [0.2, 0.25) is 0 Å². The van der Waals surface area contributed by atoms with E-state index in [0.29, 0.717) is 38.9 Å². The van der Waals surface area contributed by atoms with Crippen LogP contribution in [0, 0.1) is 0 Å². The quantitative estimate of drug-likeness (QED) is 0.305. The molecule has 0 aromatic heterocycles. The Kier molecular flexibility index (Phi) is 29.9. The van der Waals surface area contributed by atoms with E-state index in [1.165, 1.54) is 6.92 Å². The Labute approximate surface area is 189 Å². The summed E-state index contributed by atoms with van der Waals surface area (Å²) in [6.45, 7) is 12.2. The van der Waals surface area contributed by atoms with Crippen LogP contribution in [-0.2, 0) is 4.74 Å². The van der Waals surface area contributed by atoms with E-state index >= 15 is 0 Å². The number of rotatable bonds is 9. The molecule has 1 saturated heterocycles. The fourth-order valence-corrected chi connectivity index (χ4v) is 2.30. The lowest BCUT2D eigenvalue weighted by Gasteiger charge is -2.33. The molecule has 0 N–H and O–H groups in total. The lowest BCUT2D eigenvalue weighted by atomic mass is 9.99. The van der Waals surface area contributed by atoms with Crippen molar-refractivity contribution < 1.29 is 31.1 Å². The molecule has 1 atom stereocenters. The zero-order valence-corrected chi connectivity index (χ0v) is 19.5. The molecular weight excluding hydrogens is 418 g/mol. The van der Waals surface area contributed by atoms with Gasteiger partial charge in [-0.25, -0.2) is 26.3 Å². The summed E-state index contributed by atoms with van der Waals surface area (Å²) in [6.07, 6.45) is 3.78. The maximum Gasteiger partial charge on any atom is 0.247 e. The summed E-state index contributed by atoms with van der Waals surface area (Å²) in [7, 11) is 0. The van der Waals surface area contributed by atoms with Gasteiger partial charge >= 0.3 is 0 Å². The molecule has 0 aliphatic carbocycles. The lowest BCUT2D eigenvalue weighted by molar-refractivity contribution is -0.133. The fraction of sp³-hybridized carbons (Fsp3) is 1.00. The van der Waals surface area contributed by atoms with Crippen molar-refractivity contribution in [1.29, 1.82) is 0 Å². The molecule has 1 aliphatic rings. The molecule has 0 aromatic carbocycles. The number of halogens is 6. The van der Waals surface area contributed by atoms with E-state index in [2.05, 4.69) is 0 Å². The van der Waals surface area contributed by atoms with Crippen molar-refractivity contribution in [2.24, 2.45) is 0 Å². The monoisotopic (exact) mass is 470 g/mol. The molecule has 0 saturated carbocycles. The summed E-state index contributed by atoms with van der Waals surface area (Å²) in [4.78, 5) is 0. The van der Waals surface area contributed by atoms with Crippen LogP contribution in [0.1, 0.15) is 121 Å². The summed E-state index contributed by atoms with van der Waals surface area (Å²) in [6, 6.07) is 0. The van der Waals surface area contributed by atoms with Gasteiger partial charge in [0.25, 0.3) is 0 Å². The average Bonchev–Trinajstić information content (AvgIpc) is 2.54. The lowest BCUT2D eigenvalue weighted by Crippen LogP contribution is -2.45. The Morgan fingerprint density at radius 2 is 1.29 bits per heavy atom. The first-order valence-electron chi connectivity index (χ1n) is 10.9. The molecule has 0 spiro atoms. The average molecular weight is 471 g/mol. The molecule has 1 unspecified atom stereocenters. The molecule has 1 nitrogen and oxygen atoms in total. The molecule has 0 radical (unpaired) electrons. The van der Waals surface area contributed by atoms with Crippen molar-refractivity contribution in [2.75, 3.05) is 13.2 Å². The first kappa shape index (κ1) is 40.9. The van der Waals surface area contributed by atoms with Gasteiger partial charge in [0.05, 0.1) is 19.4 Å². The molecule has 1 heterocycles. The zero-order valence-electron chi connectivity index (χ0n) is 19.5. The third-order valence-electron chi connectivity index (χ3n) is 3.93. The van der Waals surface area contributed by atoms with E-state index in [0.717, 1.165) is 19.8 Å². The number of hydrogen-bond donors (Lipinski definition) is 0. The van der Waals surface area contributed by atoms with Crippen molar-refractivity contribution in [3.05, 3.63) is 0 Å². The molecule has 0 bridgehead atoms. The van der Waals surface area contributed by atoms with Crippen LogP contribution in [0.5, 0.6) is 0 Å². The highest BCUT2D eigenvalue weighted by Crippen LogP contribution is 2.26. The van der Waals surface area contributed by atoms with Crippen LogP contribution < -0.4 is 0 Å². The van der Waals surface area contributed by atoms with Gasteiger partial charge in [-0.05, 0) is 26.7 Å². The smallest absolute Gasteiger partial charge is 0.247 e. The van der Waals surface area contributed by atoms with Gasteiger partial charge in [0, 0.05) is 19.3 Å². The van der Waals surface area contributed by atoms with Gasteiger partial charge in [-0.2, -0.15) is 0 Å². The SMILES string of the molecule is C.C.CCCC(C)(F)F.CCCC(C)F.CCCC(F)(F)CC.CCCC1(F)COC1. The second-order valence-corrected chi connectivity index (χ2v) is 7.74. The van der Waals surface area contributed by atoms with Crippen molar-refractivity contribution in [3.8, 4) is 0 Å². The molecule has 196 valence electrons. The van der Waals surface area contributed by atoms with E-state index in [-0.39, 0.29) is 34.1 Å². The van der Waals surface area contributed by atoms with Crippen molar-refractivity contribution >= 4 is 0 Å². The fourth-order valence-electron chi connectivity index (χ4n) is 2.30. The number of alkyl halides is 6.